The van der Waals surface area contributed by atoms with Gasteiger partial charge in [-0.25, -0.2) is 0 Å². The summed E-state index contributed by atoms with van der Waals surface area (Å²) < 4.78 is 0. The van der Waals surface area contributed by atoms with Crippen LogP contribution >= 0.6 is 0 Å². The topological polar surface area (TPSA) is 40.7 Å². The highest BCUT2D eigenvalue weighted by atomic mass is 15.1. The summed E-state index contributed by atoms with van der Waals surface area (Å²) in [6.07, 6.45) is 4.26. The van der Waals surface area contributed by atoms with Crippen LogP contribution in [0.4, 0.5) is 5.69 Å². The van der Waals surface area contributed by atoms with Crippen LogP contribution in [-0.2, 0) is 0 Å². The molecule has 1 aromatic heterocycles. The van der Waals surface area contributed by atoms with Gasteiger partial charge in [0, 0.05) is 17.1 Å². The van der Waals surface area contributed by atoms with Gasteiger partial charge < -0.3 is 5.32 Å². The second-order valence-electron chi connectivity index (χ2n) is 3.97. The Kier molecular flexibility index (Phi) is 2.90. The first kappa shape index (κ1) is 10.0. The molecule has 0 saturated carbocycles. The smallest absolute Gasteiger partial charge is 0.0671 e. The van der Waals surface area contributed by atoms with E-state index in [2.05, 4.69) is 35.4 Å². The summed E-state index contributed by atoms with van der Waals surface area (Å²) in [5, 5.41) is 11.7. The van der Waals surface area contributed by atoms with Crippen LogP contribution in [0.2, 0.25) is 0 Å². The summed E-state index contributed by atoms with van der Waals surface area (Å²) in [7, 11) is 0. The van der Waals surface area contributed by atoms with Gasteiger partial charge in [-0.1, -0.05) is 19.4 Å². The van der Waals surface area contributed by atoms with Crippen molar-refractivity contribution in [2.24, 2.45) is 0 Å². The summed E-state index contributed by atoms with van der Waals surface area (Å²) in [4.78, 5) is 0. The molecule has 0 aliphatic carbocycles. The van der Waals surface area contributed by atoms with E-state index in [0.29, 0.717) is 6.04 Å². The van der Waals surface area contributed by atoms with Crippen LogP contribution in [0.3, 0.4) is 0 Å². The number of H-pyrrole nitrogens is 1. The molecular weight excluding hydrogens is 186 g/mol. The lowest BCUT2D eigenvalue weighted by atomic mass is 10.1. The summed E-state index contributed by atoms with van der Waals surface area (Å²) in [5.41, 5.74) is 2.26. The first-order valence-corrected chi connectivity index (χ1v) is 5.50. The predicted molar refractivity (Wildman–Crippen MR) is 64.1 cm³/mol. The van der Waals surface area contributed by atoms with Gasteiger partial charge in [0.2, 0.25) is 0 Å². The normalized spacial score (nSPS) is 12.9. The molecule has 1 heterocycles. The van der Waals surface area contributed by atoms with E-state index in [1.54, 1.807) is 0 Å². The molecule has 0 radical (unpaired) electrons. The molecule has 1 atom stereocenters. The van der Waals surface area contributed by atoms with Crippen molar-refractivity contribution in [1.29, 1.82) is 0 Å². The molecule has 0 saturated heterocycles. The van der Waals surface area contributed by atoms with Crippen LogP contribution in [0.1, 0.15) is 26.7 Å². The Labute approximate surface area is 89.9 Å². The van der Waals surface area contributed by atoms with Gasteiger partial charge in [0.05, 0.1) is 11.7 Å². The zero-order chi connectivity index (χ0) is 10.7. The molecule has 3 nitrogen and oxygen atoms in total. The number of anilines is 1. The van der Waals surface area contributed by atoms with Crippen molar-refractivity contribution in [2.45, 2.75) is 32.7 Å². The van der Waals surface area contributed by atoms with E-state index >= 15 is 0 Å². The average Bonchev–Trinajstić information content (AvgIpc) is 2.67. The van der Waals surface area contributed by atoms with Crippen LogP contribution in [0, 0.1) is 0 Å². The number of nitrogens with one attached hydrogen (secondary N) is 2. The van der Waals surface area contributed by atoms with Crippen molar-refractivity contribution in [3.63, 3.8) is 0 Å². The zero-order valence-corrected chi connectivity index (χ0v) is 9.25. The fourth-order valence-electron chi connectivity index (χ4n) is 1.86. The molecule has 2 N–H and O–H groups in total. The Morgan fingerprint density at radius 3 is 3.13 bits per heavy atom. The maximum absolute atomic E-state index is 4.05. The Balaban J connectivity index is 2.23. The molecule has 15 heavy (non-hydrogen) atoms. The third kappa shape index (κ3) is 2.12. The molecule has 0 bridgehead atoms. The minimum atomic E-state index is 0.510. The number of nitrogens with zero attached hydrogens (tertiary/aromatic N) is 1. The van der Waals surface area contributed by atoms with Gasteiger partial charge in [-0.2, -0.15) is 5.10 Å². The van der Waals surface area contributed by atoms with Gasteiger partial charge in [-0.05, 0) is 25.5 Å². The Bertz CT molecular complexity index is 433. The van der Waals surface area contributed by atoms with Crippen molar-refractivity contribution in [3.05, 3.63) is 24.4 Å². The maximum Gasteiger partial charge on any atom is 0.0671 e. The number of fused-ring (bicyclic) bond motifs is 1. The second-order valence-corrected chi connectivity index (χ2v) is 3.97. The van der Waals surface area contributed by atoms with Crippen molar-refractivity contribution in [1.82, 2.24) is 10.2 Å². The van der Waals surface area contributed by atoms with Gasteiger partial charge in [-0.15, -0.1) is 0 Å². The third-order valence-electron chi connectivity index (χ3n) is 2.61. The number of hydrogen-bond acceptors (Lipinski definition) is 2. The predicted octanol–water partition coefficient (Wildman–Crippen LogP) is 3.16. The molecule has 0 spiro atoms. The van der Waals surface area contributed by atoms with E-state index in [1.807, 2.05) is 18.3 Å². The monoisotopic (exact) mass is 203 g/mol. The lowest BCUT2D eigenvalue weighted by Gasteiger charge is -2.14. The minimum absolute atomic E-state index is 0.510. The van der Waals surface area contributed by atoms with Crippen LogP contribution < -0.4 is 5.32 Å². The molecular formula is C12H17N3. The van der Waals surface area contributed by atoms with Gasteiger partial charge >= 0.3 is 0 Å². The van der Waals surface area contributed by atoms with Gasteiger partial charge in [0.15, 0.2) is 0 Å². The average molecular weight is 203 g/mol. The Hall–Kier alpha value is -1.51. The van der Waals surface area contributed by atoms with Gasteiger partial charge in [0.1, 0.15) is 0 Å². The van der Waals surface area contributed by atoms with E-state index in [4.69, 9.17) is 0 Å². The molecule has 0 fully saturated rings. The number of aromatic nitrogens is 2. The number of hydrogen-bond donors (Lipinski definition) is 2. The number of rotatable bonds is 4. The highest BCUT2D eigenvalue weighted by Gasteiger charge is 2.05. The lowest BCUT2D eigenvalue weighted by Crippen LogP contribution is -2.14. The van der Waals surface area contributed by atoms with Gasteiger partial charge in [0.25, 0.3) is 0 Å². The van der Waals surface area contributed by atoms with Crippen molar-refractivity contribution in [2.75, 3.05) is 5.32 Å². The molecule has 0 amide bonds. The molecule has 0 aliphatic heterocycles. The first-order chi connectivity index (χ1) is 7.31. The summed E-state index contributed by atoms with van der Waals surface area (Å²) >= 11 is 0. The van der Waals surface area contributed by atoms with E-state index < -0.39 is 0 Å². The SMILES string of the molecule is CCCC(C)Nc1cccc2[nH]ncc12. The fourth-order valence-corrected chi connectivity index (χ4v) is 1.86. The highest BCUT2D eigenvalue weighted by Crippen LogP contribution is 2.22. The van der Waals surface area contributed by atoms with Crippen molar-refractivity contribution < 1.29 is 0 Å². The van der Waals surface area contributed by atoms with Crippen LogP contribution in [0.5, 0.6) is 0 Å². The molecule has 3 heteroatoms. The summed E-state index contributed by atoms with van der Waals surface area (Å²) in [6, 6.07) is 6.69. The van der Waals surface area contributed by atoms with Crippen LogP contribution in [0.15, 0.2) is 24.4 Å². The third-order valence-corrected chi connectivity index (χ3v) is 2.61. The quantitative estimate of drug-likeness (QED) is 0.801. The molecule has 80 valence electrons. The fraction of sp³-hybridized carbons (Fsp3) is 0.417. The van der Waals surface area contributed by atoms with E-state index in [9.17, 15) is 0 Å². The van der Waals surface area contributed by atoms with E-state index in [0.717, 1.165) is 5.52 Å². The molecule has 2 rings (SSSR count). The van der Waals surface area contributed by atoms with Crippen molar-refractivity contribution >= 4 is 16.6 Å². The first-order valence-electron chi connectivity index (χ1n) is 5.50. The van der Waals surface area contributed by atoms with E-state index in [-0.39, 0.29) is 0 Å². The summed E-state index contributed by atoms with van der Waals surface area (Å²) in [6.45, 7) is 4.42. The zero-order valence-electron chi connectivity index (χ0n) is 9.25. The van der Waals surface area contributed by atoms with E-state index in [1.165, 1.54) is 23.9 Å². The Morgan fingerprint density at radius 1 is 1.47 bits per heavy atom. The molecule has 1 aromatic carbocycles. The molecule has 1 unspecified atom stereocenters. The molecule has 0 aliphatic rings. The van der Waals surface area contributed by atoms with Crippen LogP contribution in [-0.4, -0.2) is 16.2 Å². The van der Waals surface area contributed by atoms with Crippen molar-refractivity contribution in [3.8, 4) is 0 Å². The van der Waals surface area contributed by atoms with Gasteiger partial charge in [-0.3, -0.25) is 5.10 Å². The minimum Gasteiger partial charge on any atom is -0.382 e. The lowest BCUT2D eigenvalue weighted by molar-refractivity contribution is 0.691. The van der Waals surface area contributed by atoms with Crippen LogP contribution in [0.25, 0.3) is 10.9 Å². The largest absolute Gasteiger partial charge is 0.382 e. The Morgan fingerprint density at radius 2 is 2.33 bits per heavy atom. The second kappa shape index (κ2) is 4.34. The standard InChI is InChI=1S/C12H17N3/c1-3-5-9(2)14-11-6-4-7-12-10(11)8-13-15-12/h4,6-9,14H,3,5H2,1-2H3,(H,13,15). The molecule has 2 aromatic rings. The maximum atomic E-state index is 4.05. The summed E-state index contributed by atoms with van der Waals surface area (Å²) in [5.74, 6) is 0. The number of benzene rings is 1. The highest BCUT2D eigenvalue weighted by molar-refractivity contribution is 5.90. The number of aromatic amines is 1.